The molecule has 1 heterocycles. The quantitative estimate of drug-likeness (QED) is 0.554. The normalized spacial score (nSPS) is 20.9. The number of hydrogen-bond donors (Lipinski definition) is 0. The lowest BCUT2D eigenvalue weighted by atomic mass is 10.3. The molecule has 0 amide bonds. The Morgan fingerprint density at radius 2 is 1.42 bits per heavy atom. The molecule has 74 valence electrons. The van der Waals surface area contributed by atoms with Gasteiger partial charge >= 0.3 is 0 Å². The highest BCUT2D eigenvalue weighted by molar-refractivity contribution is 4.95. The average molecular weight is 172 g/mol. The van der Waals surface area contributed by atoms with Crippen LogP contribution in [0.25, 0.3) is 0 Å². The van der Waals surface area contributed by atoms with E-state index < -0.39 is 0 Å². The minimum Gasteiger partial charge on any atom is -0.316 e. The van der Waals surface area contributed by atoms with Crippen molar-refractivity contribution in [1.82, 2.24) is 10.0 Å². The molecular weight excluding hydrogens is 148 g/mol. The van der Waals surface area contributed by atoms with Crippen LogP contribution in [0.4, 0.5) is 0 Å². The molecule has 0 aromatic heterocycles. The van der Waals surface area contributed by atoms with Gasteiger partial charge in [-0.3, -0.25) is 0 Å². The summed E-state index contributed by atoms with van der Waals surface area (Å²) in [6, 6.07) is 0.569. The molecule has 0 radical (unpaired) electrons. The van der Waals surface area contributed by atoms with Crippen molar-refractivity contribution in [3.05, 3.63) is 12.3 Å². The predicted octanol–water partition coefficient (Wildman–Crippen LogP) is 2.73. The van der Waals surface area contributed by atoms with Crippen molar-refractivity contribution < 1.29 is 0 Å². The zero-order valence-corrected chi connectivity index (χ0v) is 9.63. The fourth-order valence-electron chi connectivity index (χ4n) is 0.766. The smallest absolute Gasteiger partial charge is 0.0459 e. The molecule has 1 atom stereocenters. The molecule has 1 aliphatic rings. The van der Waals surface area contributed by atoms with Gasteiger partial charge in [0.1, 0.15) is 0 Å². The Labute approximate surface area is 77.8 Å². The lowest BCUT2D eigenvalue weighted by Gasteiger charge is -2.23. The largest absolute Gasteiger partial charge is 0.316 e. The molecule has 0 N–H and O–H groups in total. The summed E-state index contributed by atoms with van der Waals surface area (Å²) in [5.41, 5.74) is 0. The molecule has 2 nitrogen and oxygen atoms in total. The summed E-state index contributed by atoms with van der Waals surface area (Å²) in [7, 11) is 4.12. The summed E-state index contributed by atoms with van der Waals surface area (Å²) in [5, 5.41) is 4.24. The predicted molar refractivity (Wildman–Crippen MR) is 56.8 cm³/mol. The van der Waals surface area contributed by atoms with E-state index in [1.54, 1.807) is 0 Å². The SMILES string of the molecule is CC.CC.CC1C=CN(C)N1C. The first-order valence-electron chi connectivity index (χ1n) is 4.85. The summed E-state index contributed by atoms with van der Waals surface area (Å²) in [5.74, 6) is 0. The third-order valence-electron chi connectivity index (χ3n) is 1.67. The van der Waals surface area contributed by atoms with Crippen molar-refractivity contribution in [2.24, 2.45) is 0 Å². The fraction of sp³-hybridized carbons (Fsp3) is 0.800. The van der Waals surface area contributed by atoms with Crippen molar-refractivity contribution >= 4 is 0 Å². The third-order valence-corrected chi connectivity index (χ3v) is 1.67. The molecule has 2 heteroatoms. The van der Waals surface area contributed by atoms with Crippen molar-refractivity contribution in [1.29, 1.82) is 0 Å². The summed E-state index contributed by atoms with van der Waals surface area (Å²) < 4.78 is 0. The Bertz CT molecular complexity index is 98.4. The summed E-state index contributed by atoms with van der Waals surface area (Å²) in [4.78, 5) is 0. The first-order valence-corrected chi connectivity index (χ1v) is 4.85. The Balaban J connectivity index is 0. The molecule has 0 aromatic carbocycles. The van der Waals surface area contributed by atoms with Crippen molar-refractivity contribution in [3.8, 4) is 0 Å². The van der Waals surface area contributed by atoms with Crippen LogP contribution >= 0.6 is 0 Å². The van der Waals surface area contributed by atoms with Gasteiger partial charge in [0.2, 0.25) is 0 Å². The first-order chi connectivity index (χ1) is 5.72. The van der Waals surface area contributed by atoms with Crippen LogP contribution in [-0.2, 0) is 0 Å². The Hall–Kier alpha value is -0.500. The minimum absolute atomic E-state index is 0.569. The van der Waals surface area contributed by atoms with Gasteiger partial charge in [-0.15, -0.1) is 0 Å². The Morgan fingerprint density at radius 1 is 1.00 bits per heavy atom. The highest BCUT2D eigenvalue weighted by Gasteiger charge is 2.13. The van der Waals surface area contributed by atoms with Gasteiger partial charge in [0.25, 0.3) is 0 Å². The van der Waals surface area contributed by atoms with E-state index in [1.165, 1.54) is 0 Å². The molecule has 1 unspecified atom stereocenters. The van der Waals surface area contributed by atoms with E-state index in [0.717, 1.165) is 0 Å². The van der Waals surface area contributed by atoms with Crippen molar-refractivity contribution in [3.63, 3.8) is 0 Å². The number of rotatable bonds is 0. The Kier molecular flexibility index (Phi) is 10.1. The average Bonchev–Trinajstić information content (AvgIpc) is 2.43. The minimum atomic E-state index is 0.569. The van der Waals surface area contributed by atoms with Gasteiger partial charge < -0.3 is 5.01 Å². The molecule has 1 aliphatic heterocycles. The molecule has 0 fully saturated rings. The topological polar surface area (TPSA) is 6.48 Å². The molecule has 0 saturated carbocycles. The lowest BCUT2D eigenvalue weighted by Crippen LogP contribution is -2.32. The molecule has 0 saturated heterocycles. The number of likely N-dealkylation sites (N-methyl/N-ethyl adjacent to an activating group) is 1. The molecule has 1 rings (SSSR count). The van der Waals surface area contributed by atoms with E-state index in [9.17, 15) is 0 Å². The van der Waals surface area contributed by atoms with Gasteiger partial charge in [-0.05, 0) is 13.0 Å². The molecule has 0 bridgehead atoms. The number of hydrazine groups is 1. The van der Waals surface area contributed by atoms with Crippen molar-refractivity contribution in [2.45, 2.75) is 40.7 Å². The molecule has 12 heavy (non-hydrogen) atoms. The van der Waals surface area contributed by atoms with Crippen molar-refractivity contribution in [2.75, 3.05) is 14.1 Å². The van der Waals surface area contributed by atoms with Crippen LogP contribution in [0.2, 0.25) is 0 Å². The van der Waals surface area contributed by atoms with Gasteiger partial charge in [-0.2, -0.15) is 0 Å². The van der Waals surface area contributed by atoms with E-state index in [2.05, 4.69) is 36.3 Å². The second-order valence-corrected chi connectivity index (χ2v) is 2.23. The van der Waals surface area contributed by atoms with Crippen LogP contribution in [0.15, 0.2) is 12.3 Å². The zero-order chi connectivity index (χ0) is 10.1. The summed E-state index contributed by atoms with van der Waals surface area (Å²) >= 11 is 0. The molecular formula is C10H24N2. The van der Waals surface area contributed by atoms with Gasteiger partial charge in [0.05, 0.1) is 0 Å². The number of nitrogens with zero attached hydrogens (tertiary/aromatic N) is 2. The second-order valence-electron chi connectivity index (χ2n) is 2.23. The molecule has 0 spiro atoms. The third kappa shape index (κ3) is 4.39. The van der Waals surface area contributed by atoms with Gasteiger partial charge in [0, 0.05) is 26.3 Å². The second kappa shape index (κ2) is 8.60. The molecule has 0 aliphatic carbocycles. The summed E-state index contributed by atoms with van der Waals surface area (Å²) in [6.07, 6.45) is 4.24. The van der Waals surface area contributed by atoms with Crippen LogP contribution in [0.5, 0.6) is 0 Å². The van der Waals surface area contributed by atoms with Gasteiger partial charge in [0.15, 0.2) is 0 Å². The van der Waals surface area contributed by atoms with E-state index in [-0.39, 0.29) is 0 Å². The van der Waals surface area contributed by atoms with Crippen LogP contribution in [-0.4, -0.2) is 30.2 Å². The Morgan fingerprint density at radius 3 is 1.50 bits per heavy atom. The highest BCUT2D eigenvalue weighted by atomic mass is 15.6. The van der Waals surface area contributed by atoms with Crippen LogP contribution in [0, 0.1) is 0 Å². The van der Waals surface area contributed by atoms with E-state index in [4.69, 9.17) is 0 Å². The fourth-order valence-corrected chi connectivity index (χ4v) is 0.766. The van der Waals surface area contributed by atoms with E-state index >= 15 is 0 Å². The zero-order valence-electron chi connectivity index (χ0n) is 9.63. The monoisotopic (exact) mass is 172 g/mol. The van der Waals surface area contributed by atoms with E-state index in [0.29, 0.717) is 6.04 Å². The standard InChI is InChI=1S/C6H12N2.2C2H6/c1-6-4-5-7(2)8(6)3;2*1-2/h4-6H,1-3H3;2*1-2H3. The maximum atomic E-state index is 2.17. The van der Waals surface area contributed by atoms with Gasteiger partial charge in [-0.25, -0.2) is 5.01 Å². The highest BCUT2D eigenvalue weighted by Crippen LogP contribution is 2.08. The van der Waals surface area contributed by atoms with Crippen LogP contribution < -0.4 is 0 Å². The molecule has 0 aromatic rings. The lowest BCUT2D eigenvalue weighted by molar-refractivity contribution is 0.0809. The van der Waals surface area contributed by atoms with Crippen LogP contribution in [0.3, 0.4) is 0 Å². The van der Waals surface area contributed by atoms with Gasteiger partial charge in [-0.1, -0.05) is 27.7 Å². The van der Waals surface area contributed by atoms with Crippen LogP contribution in [0.1, 0.15) is 34.6 Å². The van der Waals surface area contributed by atoms with E-state index in [1.807, 2.05) is 34.7 Å². The summed E-state index contributed by atoms with van der Waals surface area (Å²) in [6.45, 7) is 10.2. The maximum absolute atomic E-state index is 2.17. The first kappa shape index (κ1) is 14.0. The maximum Gasteiger partial charge on any atom is 0.0459 e. The number of hydrogen-bond acceptors (Lipinski definition) is 2.